The molecule has 1 fully saturated rings. The van der Waals surface area contributed by atoms with Crippen molar-refractivity contribution in [1.82, 2.24) is 9.46 Å². The number of hydrogen-bond acceptors (Lipinski definition) is 5. The first-order chi connectivity index (χ1) is 12.8. The monoisotopic (exact) mass is 391 g/mol. The summed E-state index contributed by atoms with van der Waals surface area (Å²) in [7, 11) is -3.85. The molecular weight excluding hydrogens is 366 g/mol. The Bertz CT molecular complexity index is 946. The van der Waals surface area contributed by atoms with E-state index in [1.54, 1.807) is 13.8 Å². The van der Waals surface area contributed by atoms with E-state index in [4.69, 9.17) is 4.52 Å². The van der Waals surface area contributed by atoms with E-state index >= 15 is 0 Å². The van der Waals surface area contributed by atoms with Crippen LogP contribution in [0, 0.1) is 20.8 Å². The molecule has 0 spiro atoms. The Morgan fingerprint density at radius 2 is 2.07 bits per heavy atom. The number of benzene rings is 1. The highest BCUT2D eigenvalue weighted by molar-refractivity contribution is 7.89. The Balaban J connectivity index is 1.90. The third-order valence-corrected chi connectivity index (χ3v) is 7.18. The largest absolute Gasteiger partial charge is 0.360 e. The molecule has 1 aromatic heterocycles. The molecule has 0 bridgehead atoms. The molecule has 7 nitrogen and oxygen atoms in total. The Morgan fingerprint density at radius 1 is 1.33 bits per heavy atom. The van der Waals surface area contributed by atoms with Crippen LogP contribution >= 0.6 is 0 Å². The van der Waals surface area contributed by atoms with Crippen LogP contribution in [-0.4, -0.2) is 36.4 Å². The summed E-state index contributed by atoms with van der Waals surface area (Å²) in [5, 5.41) is 6.71. The molecule has 1 N–H and O–H groups in total. The average molecular weight is 391 g/mol. The molecule has 1 aromatic carbocycles. The maximum atomic E-state index is 13.1. The minimum atomic E-state index is -3.85. The van der Waals surface area contributed by atoms with E-state index in [9.17, 15) is 13.2 Å². The minimum absolute atomic E-state index is 0.0624. The molecule has 2 aromatic rings. The number of amides is 1. The number of nitrogens with one attached hydrogen (secondary N) is 1. The summed E-state index contributed by atoms with van der Waals surface area (Å²) < 4.78 is 32.6. The quantitative estimate of drug-likeness (QED) is 0.846. The third kappa shape index (κ3) is 3.51. The fraction of sp³-hybridized carbons (Fsp3) is 0.474. The van der Waals surface area contributed by atoms with Crippen LogP contribution < -0.4 is 5.32 Å². The highest BCUT2D eigenvalue weighted by Gasteiger charge is 2.42. The molecule has 1 aliphatic rings. The average Bonchev–Trinajstić information content (AvgIpc) is 3.24. The van der Waals surface area contributed by atoms with Crippen LogP contribution in [0.3, 0.4) is 0 Å². The van der Waals surface area contributed by atoms with Gasteiger partial charge in [-0.25, -0.2) is 8.42 Å². The van der Waals surface area contributed by atoms with Gasteiger partial charge in [-0.05, 0) is 51.2 Å². The van der Waals surface area contributed by atoms with Crippen LogP contribution in [0.1, 0.15) is 42.3 Å². The number of rotatable bonds is 5. The Kier molecular flexibility index (Phi) is 5.39. The molecular formula is C19H25N3O4S. The summed E-state index contributed by atoms with van der Waals surface area (Å²) in [6.07, 6.45) is 1.90. The Morgan fingerprint density at radius 3 is 2.70 bits per heavy atom. The lowest BCUT2D eigenvalue weighted by Crippen LogP contribution is -2.43. The number of para-hydroxylation sites is 1. The molecule has 3 rings (SSSR count). The third-order valence-electron chi connectivity index (χ3n) is 5.03. The highest BCUT2D eigenvalue weighted by Crippen LogP contribution is 2.31. The summed E-state index contributed by atoms with van der Waals surface area (Å²) >= 11 is 0. The van der Waals surface area contributed by atoms with Crippen molar-refractivity contribution in [2.24, 2.45) is 0 Å². The van der Waals surface area contributed by atoms with Gasteiger partial charge in [0, 0.05) is 12.2 Å². The van der Waals surface area contributed by atoms with Crippen molar-refractivity contribution < 1.29 is 17.7 Å². The van der Waals surface area contributed by atoms with E-state index in [2.05, 4.69) is 10.5 Å². The van der Waals surface area contributed by atoms with E-state index in [1.165, 1.54) is 4.31 Å². The summed E-state index contributed by atoms with van der Waals surface area (Å²) in [4.78, 5) is 13.0. The van der Waals surface area contributed by atoms with E-state index in [-0.39, 0.29) is 16.6 Å². The minimum Gasteiger partial charge on any atom is -0.360 e. The summed E-state index contributed by atoms with van der Waals surface area (Å²) in [5.74, 6) is -0.0578. The van der Waals surface area contributed by atoms with Crippen LogP contribution in [0.2, 0.25) is 0 Å². The maximum absolute atomic E-state index is 13.1. The number of sulfonamides is 1. The van der Waals surface area contributed by atoms with Gasteiger partial charge in [-0.2, -0.15) is 4.31 Å². The smallest absolute Gasteiger partial charge is 0.249 e. The van der Waals surface area contributed by atoms with Gasteiger partial charge in [-0.15, -0.1) is 0 Å². The number of hydrogen-bond donors (Lipinski definition) is 1. The SMILES string of the molecule is CCc1cccc(C)c1NC(=O)C1CCCN1S(=O)(=O)c1c(C)noc1C. The number of aryl methyl sites for hydroxylation is 4. The van der Waals surface area contributed by atoms with Gasteiger partial charge in [0.25, 0.3) is 0 Å². The summed E-state index contributed by atoms with van der Waals surface area (Å²) in [6, 6.07) is 5.11. The number of carbonyl (C=O) groups is 1. The molecule has 1 unspecified atom stereocenters. The van der Waals surface area contributed by atoms with Crippen molar-refractivity contribution in [2.75, 3.05) is 11.9 Å². The van der Waals surface area contributed by atoms with Crippen LogP contribution in [0.5, 0.6) is 0 Å². The molecule has 27 heavy (non-hydrogen) atoms. The molecule has 1 amide bonds. The van der Waals surface area contributed by atoms with Crippen LogP contribution in [0.15, 0.2) is 27.6 Å². The molecule has 1 aliphatic heterocycles. The van der Waals surface area contributed by atoms with Gasteiger partial charge < -0.3 is 9.84 Å². The Hall–Kier alpha value is -2.19. The van der Waals surface area contributed by atoms with Gasteiger partial charge in [-0.3, -0.25) is 4.79 Å². The number of aromatic nitrogens is 1. The highest BCUT2D eigenvalue weighted by atomic mass is 32.2. The molecule has 146 valence electrons. The zero-order chi connectivity index (χ0) is 19.8. The fourth-order valence-corrected chi connectivity index (χ4v) is 5.61. The van der Waals surface area contributed by atoms with E-state index < -0.39 is 16.1 Å². The Labute approximate surface area is 159 Å². The summed E-state index contributed by atoms with van der Waals surface area (Å²) in [5.41, 5.74) is 3.07. The zero-order valence-electron chi connectivity index (χ0n) is 16.1. The maximum Gasteiger partial charge on any atom is 0.249 e. The van der Waals surface area contributed by atoms with Crippen molar-refractivity contribution in [3.05, 3.63) is 40.8 Å². The van der Waals surface area contributed by atoms with Crippen molar-refractivity contribution in [3.63, 3.8) is 0 Å². The molecule has 2 heterocycles. The lowest BCUT2D eigenvalue weighted by molar-refractivity contribution is -0.119. The van der Waals surface area contributed by atoms with Gasteiger partial charge in [-0.1, -0.05) is 30.3 Å². The fourth-order valence-electron chi connectivity index (χ4n) is 3.66. The first-order valence-electron chi connectivity index (χ1n) is 9.11. The van der Waals surface area contributed by atoms with Crippen molar-refractivity contribution in [2.45, 2.75) is 57.9 Å². The van der Waals surface area contributed by atoms with Gasteiger partial charge in [0.05, 0.1) is 0 Å². The first-order valence-corrected chi connectivity index (χ1v) is 10.6. The molecule has 1 saturated heterocycles. The standard InChI is InChI=1S/C19H25N3O4S/c1-5-15-9-6-8-12(2)17(15)20-19(23)16-10-7-11-22(16)27(24,25)18-13(3)21-26-14(18)4/h6,8-9,16H,5,7,10-11H2,1-4H3,(H,20,23). The van der Waals surface area contributed by atoms with Crippen LogP contribution in [0.25, 0.3) is 0 Å². The lowest BCUT2D eigenvalue weighted by atomic mass is 10.1. The van der Waals surface area contributed by atoms with Crippen molar-refractivity contribution in [3.8, 4) is 0 Å². The van der Waals surface area contributed by atoms with Crippen molar-refractivity contribution >= 4 is 21.6 Å². The summed E-state index contributed by atoms with van der Waals surface area (Å²) in [6.45, 7) is 7.42. The molecule has 0 saturated carbocycles. The second-order valence-corrected chi connectivity index (χ2v) is 8.71. The van der Waals surface area contributed by atoms with Gasteiger partial charge >= 0.3 is 0 Å². The van der Waals surface area contributed by atoms with E-state index in [0.717, 1.165) is 23.2 Å². The number of anilines is 1. The zero-order valence-corrected chi connectivity index (χ0v) is 16.9. The second-order valence-electron chi connectivity index (χ2n) is 6.88. The molecule has 1 atom stereocenters. The predicted molar refractivity (Wildman–Crippen MR) is 102 cm³/mol. The van der Waals surface area contributed by atoms with E-state index in [0.29, 0.717) is 25.1 Å². The topological polar surface area (TPSA) is 92.5 Å². The van der Waals surface area contributed by atoms with Crippen LogP contribution in [0.4, 0.5) is 5.69 Å². The molecule has 0 radical (unpaired) electrons. The normalized spacial score (nSPS) is 18.0. The van der Waals surface area contributed by atoms with Gasteiger partial charge in [0.2, 0.25) is 15.9 Å². The van der Waals surface area contributed by atoms with E-state index in [1.807, 2.05) is 32.0 Å². The van der Waals surface area contributed by atoms with Crippen LogP contribution in [-0.2, 0) is 21.2 Å². The lowest BCUT2D eigenvalue weighted by Gasteiger charge is -2.24. The molecule has 0 aliphatic carbocycles. The number of carbonyl (C=O) groups excluding carboxylic acids is 1. The predicted octanol–water partition coefficient (Wildman–Crippen LogP) is 2.95. The second kappa shape index (κ2) is 7.44. The van der Waals surface area contributed by atoms with Gasteiger partial charge in [0.1, 0.15) is 16.6 Å². The van der Waals surface area contributed by atoms with Gasteiger partial charge in [0.15, 0.2) is 5.76 Å². The number of nitrogens with zero attached hydrogens (tertiary/aromatic N) is 2. The first kappa shape index (κ1) is 19.6. The van der Waals surface area contributed by atoms with Crippen molar-refractivity contribution in [1.29, 1.82) is 0 Å². The molecule has 8 heteroatoms.